The number of nitrogens with two attached hydrogens (primary N) is 1. The fourth-order valence-corrected chi connectivity index (χ4v) is 1.77. The van der Waals surface area contributed by atoms with Gasteiger partial charge in [-0.05, 0) is 20.3 Å². The number of amidine groups is 1. The molecule has 0 spiro atoms. The van der Waals surface area contributed by atoms with Crippen LogP contribution < -0.4 is 5.73 Å². The Bertz CT molecular complexity index is 370. The van der Waals surface area contributed by atoms with E-state index in [9.17, 15) is 0 Å². The highest BCUT2D eigenvalue weighted by Gasteiger charge is 2.14. The Kier molecular flexibility index (Phi) is 5.77. The number of rotatable bonds is 8. The van der Waals surface area contributed by atoms with Crippen LogP contribution >= 0.6 is 0 Å². The maximum Gasteiger partial charge on any atom is 0.141 e. The van der Waals surface area contributed by atoms with Crippen LogP contribution in [0, 0.1) is 5.41 Å². The predicted molar refractivity (Wildman–Crippen MR) is 72.4 cm³/mol. The fourth-order valence-electron chi connectivity index (χ4n) is 1.77. The first-order chi connectivity index (χ1) is 8.54. The largest absolute Gasteiger partial charge is 0.388 e. The van der Waals surface area contributed by atoms with E-state index in [0.717, 1.165) is 31.9 Å². The van der Waals surface area contributed by atoms with Crippen LogP contribution in [0.5, 0.6) is 0 Å². The zero-order valence-electron chi connectivity index (χ0n) is 11.6. The van der Waals surface area contributed by atoms with Crippen molar-refractivity contribution < 1.29 is 0 Å². The first-order valence-corrected chi connectivity index (χ1v) is 6.48. The van der Waals surface area contributed by atoms with Crippen molar-refractivity contribution >= 4 is 5.84 Å². The molecule has 1 rings (SSSR count). The average Bonchev–Trinajstić information content (AvgIpc) is 2.71. The monoisotopic (exact) mass is 252 g/mol. The molecule has 0 unspecified atom stereocenters. The van der Waals surface area contributed by atoms with E-state index in [2.05, 4.69) is 35.8 Å². The molecule has 1 aromatic rings. The molecule has 0 amide bonds. The standard InChI is InChI=1S/C12H24N6/c1-4-6-18-12(15-9-16-18)8-17(10(2)3)7-5-11(13)14/h9-10H,4-8H2,1-3H3,(H3,13,14). The Morgan fingerprint density at radius 3 is 2.83 bits per heavy atom. The van der Waals surface area contributed by atoms with E-state index < -0.39 is 0 Å². The molecule has 6 nitrogen and oxygen atoms in total. The van der Waals surface area contributed by atoms with Crippen LogP contribution in [0.25, 0.3) is 0 Å². The quantitative estimate of drug-likeness (QED) is 0.538. The topological polar surface area (TPSA) is 83.8 Å². The van der Waals surface area contributed by atoms with Crippen molar-refractivity contribution in [1.82, 2.24) is 19.7 Å². The summed E-state index contributed by atoms with van der Waals surface area (Å²) < 4.78 is 1.95. The molecule has 0 aromatic carbocycles. The maximum atomic E-state index is 7.30. The van der Waals surface area contributed by atoms with Crippen LogP contribution in [0.4, 0.5) is 0 Å². The van der Waals surface area contributed by atoms with E-state index >= 15 is 0 Å². The molecule has 0 aliphatic rings. The van der Waals surface area contributed by atoms with Crippen molar-refractivity contribution in [3.05, 3.63) is 12.2 Å². The van der Waals surface area contributed by atoms with E-state index in [-0.39, 0.29) is 5.84 Å². The van der Waals surface area contributed by atoms with Crippen LogP contribution in [0.1, 0.15) is 39.4 Å². The predicted octanol–water partition coefficient (Wildman–Crippen LogP) is 1.22. The fraction of sp³-hybridized carbons (Fsp3) is 0.750. The lowest BCUT2D eigenvalue weighted by atomic mass is 10.2. The molecular weight excluding hydrogens is 228 g/mol. The summed E-state index contributed by atoms with van der Waals surface area (Å²) in [7, 11) is 0. The van der Waals surface area contributed by atoms with Gasteiger partial charge in [-0.3, -0.25) is 10.3 Å². The Morgan fingerprint density at radius 1 is 1.56 bits per heavy atom. The molecule has 0 fully saturated rings. The number of aryl methyl sites for hydroxylation is 1. The van der Waals surface area contributed by atoms with E-state index in [1.165, 1.54) is 0 Å². The van der Waals surface area contributed by atoms with E-state index in [4.69, 9.17) is 11.1 Å². The van der Waals surface area contributed by atoms with Crippen molar-refractivity contribution in [3.63, 3.8) is 0 Å². The summed E-state index contributed by atoms with van der Waals surface area (Å²) >= 11 is 0. The molecule has 0 saturated carbocycles. The lowest BCUT2D eigenvalue weighted by Gasteiger charge is -2.25. The minimum atomic E-state index is 0.232. The summed E-state index contributed by atoms with van der Waals surface area (Å²) in [6, 6.07) is 0.399. The summed E-state index contributed by atoms with van der Waals surface area (Å²) in [6.07, 6.45) is 3.25. The van der Waals surface area contributed by atoms with Gasteiger partial charge in [0.15, 0.2) is 0 Å². The molecule has 0 aliphatic carbocycles. The van der Waals surface area contributed by atoms with Crippen molar-refractivity contribution in [1.29, 1.82) is 5.41 Å². The number of nitrogens with one attached hydrogen (secondary N) is 1. The highest BCUT2D eigenvalue weighted by atomic mass is 15.3. The van der Waals surface area contributed by atoms with Crippen molar-refractivity contribution in [3.8, 4) is 0 Å². The Morgan fingerprint density at radius 2 is 2.28 bits per heavy atom. The molecule has 0 atom stereocenters. The van der Waals surface area contributed by atoms with Crippen LogP contribution in [0.3, 0.4) is 0 Å². The van der Waals surface area contributed by atoms with Gasteiger partial charge in [-0.1, -0.05) is 6.92 Å². The summed E-state index contributed by atoms with van der Waals surface area (Å²) in [5.74, 6) is 1.21. The van der Waals surface area contributed by atoms with Gasteiger partial charge in [-0.25, -0.2) is 9.67 Å². The van der Waals surface area contributed by atoms with E-state index in [1.807, 2.05) is 4.68 Å². The summed E-state index contributed by atoms with van der Waals surface area (Å²) in [6.45, 7) is 8.84. The number of aromatic nitrogens is 3. The first kappa shape index (κ1) is 14.6. The van der Waals surface area contributed by atoms with Crippen molar-refractivity contribution in [2.75, 3.05) is 6.54 Å². The van der Waals surface area contributed by atoms with Gasteiger partial charge in [0.1, 0.15) is 12.2 Å². The molecule has 0 saturated heterocycles. The van der Waals surface area contributed by atoms with Crippen LogP contribution in [-0.2, 0) is 13.1 Å². The van der Waals surface area contributed by atoms with Gasteiger partial charge >= 0.3 is 0 Å². The number of nitrogens with zero attached hydrogens (tertiary/aromatic N) is 4. The molecule has 0 radical (unpaired) electrons. The highest BCUT2D eigenvalue weighted by molar-refractivity contribution is 5.76. The molecule has 0 aliphatic heterocycles. The third kappa shape index (κ3) is 4.44. The van der Waals surface area contributed by atoms with Gasteiger partial charge < -0.3 is 5.73 Å². The second-order valence-corrected chi connectivity index (χ2v) is 4.74. The SMILES string of the molecule is CCCn1ncnc1CN(CCC(=N)N)C(C)C. The first-order valence-electron chi connectivity index (χ1n) is 6.48. The van der Waals surface area contributed by atoms with Gasteiger partial charge in [-0.2, -0.15) is 5.10 Å². The Labute approximate surface area is 109 Å². The molecule has 1 heterocycles. The Hall–Kier alpha value is -1.43. The summed E-state index contributed by atoms with van der Waals surface area (Å²) in [5, 5.41) is 11.5. The second kappa shape index (κ2) is 7.10. The molecule has 18 heavy (non-hydrogen) atoms. The van der Waals surface area contributed by atoms with Gasteiger partial charge in [-0.15, -0.1) is 0 Å². The van der Waals surface area contributed by atoms with E-state index in [1.54, 1.807) is 6.33 Å². The molecular formula is C12H24N6. The summed E-state index contributed by atoms with van der Waals surface area (Å²) in [4.78, 5) is 6.57. The summed E-state index contributed by atoms with van der Waals surface area (Å²) in [5.41, 5.74) is 5.42. The minimum Gasteiger partial charge on any atom is -0.388 e. The minimum absolute atomic E-state index is 0.232. The van der Waals surface area contributed by atoms with Gasteiger partial charge in [0.05, 0.1) is 12.4 Å². The van der Waals surface area contributed by atoms with Crippen molar-refractivity contribution in [2.45, 2.75) is 52.7 Å². The Balaban J connectivity index is 2.64. The smallest absolute Gasteiger partial charge is 0.141 e. The molecule has 3 N–H and O–H groups in total. The molecule has 0 bridgehead atoms. The zero-order chi connectivity index (χ0) is 13.5. The van der Waals surface area contributed by atoms with E-state index in [0.29, 0.717) is 12.5 Å². The van der Waals surface area contributed by atoms with Crippen LogP contribution in [-0.4, -0.2) is 38.1 Å². The van der Waals surface area contributed by atoms with Crippen molar-refractivity contribution in [2.24, 2.45) is 5.73 Å². The van der Waals surface area contributed by atoms with Gasteiger partial charge in [0.2, 0.25) is 0 Å². The third-order valence-corrected chi connectivity index (χ3v) is 2.87. The normalized spacial score (nSPS) is 11.4. The molecule has 6 heteroatoms. The third-order valence-electron chi connectivity index (χ3n) is 2.87. The number of hydrogen-bond donors (Lipinski definition) is 2. The highest BCUT2D eigenvalue weighted by Crippen LogP contribution is 2.07. The van der Waals surface area contributed by atoms with Crippen LogP contribution in [0.2, 0.25) is 0 Å². The zero-order valence-corrected chi connectivity index (χ0v) is 11.6. The average molecular weight is 252 g/mol. The maximum absolute atomic E-state index is 7.30. The lowest BCUT2D eigenvalue weighted by Crippen LogP contribution is -2.34. The van der Waals surface area contributed by atoms with Gasteiger partial charge in [0, 0.05) is 25.6 Å². The molecule has 1 aromatic heterocycles. The molecule has 102 valence electrons. The lowest BCUT2D eigenvalue weighted by molar-refractivity contribution is 0.209. The second-order valence-electron chi connectivity index (χ2n) is 4.74. The van der Waals surface area contributed by atoms with Gasteiger partial charge in [0.25, 0.3) is 0 Å². The van der Waals surface area contributed by atoms with Crippen LogP contribution in [0.15, 0.2) is 6.33 Å². The number of hydrogen-bond acceptors (Lipinski definition) is 4.